The van der Waals surface area contributed by atoms with Crippen molar-refractivity contribution in [3.8, 4) is 0 Å². The lowest BCUT2D eigenvalue weighted by Gasteiger charge is -2.18. The molecule has 0 aromatic heterocycles. The third kappa shape index (κ3) is 12.6. The minimum Gasteiger partial charge on any atom is -0.465 e. The maximum atomic E-state index is 11.7. The van der Waals surface area contributed by atoms with E-state index in [0.29, 0.717) is 25.4 Å². The number of esters is 1. The van der Waals surface area contributed by atoms with Crippen LogP contribution in [-0.2, 0) is 14.3 Å². The molecule has 21 heavy (non-hydrogen) atoms. The van der Waals surface area contributed by atoms with E-state index in [9.17, 15) is 9.59 Å². The zero-order valence-electron chi connectivity index (χ0n) is 14.2. The van der Waals surface area contributed by atoms with Crippen molar-refractivity contribution >= 4 is 12.3 Å². The molecule has 0 heterocycles. The van der Waals surface area contributed by atoms with E-state index in [2.05, 4.69) is 20.8 Å². The first-order valence-electron chi connectivity index (χ1n) is 8.73. The highest BCUT2D eigenvalue weighted by Gasteiger charge is 2.14. The monoisotopic (exact) mass is 298 g/mol. The van der Waals surface area contributed by atoms with Gasteiger partial charge < -0.3 is 9.53 Å². The predicted octanol–water partition coefficient (Wildman–Crippen LogP) is 4.92. The number of ether oxygens (including phenoxy) is 1. The largest absolute Gasteiger partial charge is 0.465 e. The maximum Gasteiger partial charge on any atom is 0.305 e. The van der Waals surface area contributed by atoms with Gasteiger partial charge in [0.15, 0.2) is 0 Å². The van der Waals surface area contributed by atoms with Crippen molar-refractivity contribution in [1.29, 1.82) is 0 Å². The van der Waals surface area contributed by atoms with Gasteiger partial charge in [-0.05, 0) is 24.7 Å². The van der Waals surface area contributed by atoms with E-state index >= 15 is 0 Å². The zero-order valence-corrected chi connectivity index (χ0v) is 14.2. The fourth-order valence-corrected chi connectivity index (χ4v) is 2.44. The van der Waals surface area contributed by atoms with Crippen molar-refractivity contribution in [3.05, 3.63) is 0 Å². The molecule has 124 valence electrons. The third-order valence-corrected chi connectivity index (χ3v) is 4.08. The first kappa shape index (κ1) is 20.1. The Hall–Kier alpha value is -0.860. The highest BCUT2D eigenvalue weighted by Crippen LogP contribution is 2.18. The Balaban J connectivity index is 3.73. The predicted molar refractivity (Wildman–Crippen MR) is 87.2 cm³/mol. The van der Waals surface area contributed by atoms with Gasteiger partial charge in [-0.3, -0.25) is 4.79 Å². The van der Waals surface area contributed by atoms with E-state index in [1.807, 2.05) is 0 Å². The summed E-state index contributed by atoms with van der Waals surface area (Å²) in [6, 6.07) is 0. The molecule has 0 aromatic rings. The van der Waals surface area contributed by atoms with Gasteiger partial charge in [0.25, 0.3) is 0 Å². The summed E-state index contributed by atoms with van der Waals surface area (Å²) in [5.74, 6) is 0.656. The number of carbonyl (C=O) groups is 2. The molecule has 0 aliphatic heterocycles. The number of hydrogen-bond donors (Lipinski definition) is 0. The van der Waals surface area contributed by atoms with Gasteiger partial charge in [0.2, 0.25) is 0 Å². The molecule has 0 aromatic carbocycles. The lowest BCUT2D eigenvalue weighted by atomic mass is 9.92. The summed E-state index contributed by atoms with van der Waals surface area (Å²) in [6.45, 7) is 6.92. The Bertz CT molecular complexity index is 263. The summed E-state index contributed by atoms with van der Waals surface area (Å²) in [5, 5.41) is 0. The minimum atomic E-state index is -0.106. The molecule has 0 aliphatic rings. The topological polar surface area (TPSA) is 43.4 Å². The van der Waals surface area contributed by atoms with Crippen molar-refractivity contribution < 1.29 is 14.3 Å². The van der Waals surface area contributed by atoms with Crippen LogP contribution in [0.1, 0.15) is 85.0 Å². The second kappa shape index (κ2) is 14.1. The molecule has 0 fully saturated rings. The van der Waals surface area contributed by atoms with Crippen LogP contribution in [0.2, 0.25) is 0 Å². The second-order valence-corrected chi connectivity index (χ2v) is 6.22. The molecule has 0 N–H and O–H groups in total. The van der Waals surface area contributed by atoms with Gasteiger partial charge in [-0.25, -0.2) is 0 Å². The van der Waals surface area contributed by atoms with Crippen molar-refractivity contribution in [3.63, 3.8) is 0 Å². The van der Waals surface area contributed by atoms with Crippen LogP contribution in [0.4, 0.5) is 0 Å². The summed E-state index contributed by atoms with van der Waals surface area (Å²) in [5.41, 5.74) is 0. The van der Waals surface area contributed by atoms with Gasteiger partial charge in [0.05, 0.1) is 6.61 Å². The summed E-state index contributed by atoms with van der Waals surface area (Å²) >= 11 is 0. The molecule has 0 bridgehead atoms. The van der Waals surface area contributed by atoms with Gasteiger partial charge in [0, 0.05) is 12.8 Å². The van der Waals surface area contributed by atoms with Crippen LogP contribution in [-0.4, -0.2) is 18.9 Å². The molecule has 3 nitrogen and oxygen atoms in total. The van der Waals surface area contributed by atoms with Crippen molar-refractivity contribution in [2.75, 3.05) is 6.61 Å². The molecule has 2 unspecified atom stereocenters. The maximum absolute atomic E-state index is 11.7. The van der Waals surface area contributed by atoms with Gasteiger partial charge in [-0.15, -0.1) is 0 Å². The van der Waals surface area contributed by atoms with E-state index in [1.54, 1.807) is 0 Å². The third-order valence-electron chi connectivity index (χ3n) is 4.08. The van der Waals surface area contributed by atoms with E-state index in [4.69, 9.17) is 4.74 Å². The second-order valence-electron chi connectivity index (χ2n) is 6.22. The molecule has 0 spiro atoms. The van der Waals surface area contributed by atoms with E-state index in [0.717, 1.165) is 32.0 Å². The summed E-state index contributed by atoms with van der Waals surface area (Å²) in [7, 11) is 0. The first-order chi connectivity index (χ1) is 10.1. The van der Waals surface area contributed by atoms with E-state index in [1.165, 1.54) is 25.7 Å². The smallest absolute Gasteiger partial charge is 0.305 e. The number of unbranched alkanes of at least 4 members (excludes halogenated alkanes) is 5. The molecular formula is C18H34O3. The number of rotatable bonds is 14. The summed E-state index contributed by atoms with van der Waals surface area (Å²) in [4.78, 5) is 22.4. The van der Waals surface area contributed by atoms with Gasteiger partial charge >= 0.3 is 5.97 Å². The highest BCUT2D eigenvalue weighted by atomic mass is 16.5. The fourth-order valence-electron chi connectivity index (χ4n) is 2.44. The van der Waals surface area contributed by atoms with Crippen LogP contribution in [0.15, 0.2) is 0 Å². The standard InChI is InChI=1S/C18H34O3/c1-4-6-7-8-9-10-11-18(20)21-15-17(12-13-19)14-16(3)5-2/h13,16-17H,4-12,14-15H2,1-3H3. The SMILES string of the molecule is CCCCCCCCC(=O)OCC(CC=O)CC(C)CC. The summed E-state index contributed by atoms with van der Waals surface area (Å²) < 4.78 is 5.33. The molecular weight excluding hydrogens is 264 g/mol. The van der Waals surface area contributed by atoms with Gasteiger partial charge in [0.1, 0.15) is 6.29 Å². The van der Waals surface area contributed by atoms with Crippen LogP contribution in [0, 0.1) is 11.8 Å². The lowest BCUT2D eigenvalue weighted by Crippen LogP contribution is -2.17. The normalized spacial score (nSPS) is 13.7. The molecule has 0 aliphatic carbocycles. The Kier molecular flexibility index (Phi) is 13.5. The van der Waals surface area contributed by atoms with Crippen LogP contribution in [0.5, 0.6) is 0 Å². The van der Waals surface area contributed by atoms with Crippen LogP contribution in [0.3, 0.4) is 0 Å². The van der Waals surface area contributed by atoms with Crippen molar-refractivity contribution in [2.24, 2.45) is 11.8 Å². The molecule has 3 heteroatoms. The first-order valence-corrected chi connectivity index (χ1v) is 8.73. The molecule has 2 atom stereocenters. The molecule has 0 amide bonds. The van der Waals surface area contributed by atoms with Crippen molar-refractivity contribution in [2.45, 2.75) is 85.0 Å². The average Bonchev–Trinajstić information content (AvgIpc) is 2.48. The number of carbonyl (C=O) groups excluding carboxylic acids is 2. The fraction of sp³-hybridized carbons (Fsp3) is 0.889. The summed E-state index contributed by atoms with van der Waals surface area (Å²) in [6.07, 6.45) is 11.0. The zero-order chi connectivity index (χ0) is 15.9. The average molecular weight is 298 g/mol. The van der Waals surface area contributed by atoms with Crippen molar-refractivity contribution in [1.82, 2.24) is 0 Å². The molecule has 0 rings (SSSR count). The van der Waals surface area contributed by atoms with Crippen LogP contribution in [0.25, 0.3) is 0 Å². The molecule has 0 saturated carbocycles. The minimum absolute atomic E-state index is 0.106. The Morgan fingerprint density at radius 1 is 1.10 bits per heavy atom. The van der Waals surface area contributed by atoms with E-state index < -0.39 is 0 Å². The molecule has 0 saturated heterocycles. The Labute approximate surface area is 130 Å². The van der Waals surface area contributed by atoms with E-state index in [-0.39, 0.29) is 11.9 Å². The molecule has 0 radical (unpaired) electrons. The van der Waals surface area contributed by atoms with Gasteiger partial charge in [-0.1, -0.05) is 59.3 Å². The Morgan fingerprint density at radius 3 is 2.38 bits per heavy atom. The Morgan fingerprint density at radius 2 is 1.76 bits per heavy atom. The number of aldehydes is 1. The number of hydrogen-bond acceptors (Lipinski definition) is 3. The highest BCUT2D eigenvalue weighted by molar-refractivity contribution is 5.69. The van der Waals surface area contributed by atoms with Gasteiger partial charge in [-0.2, -0.15) is 0 Å². The van der Waals surface area contributed by atoms with Crippen LogP contribution >= 0.6 is 0 Å². The quantitative estimate of drug-likeness (QED) is 0.260. The van der Waals surface area contributed by atoms with Crippen LogP contribution < -0.4 is 0 Å². The lowest BCUT2D eigenvalue weighted by molar-refractivity contribution is -0.145.